The summed E-state index contributed by atoms with van der Waals surface area (Å²) in [6, 6.07) is -0.0431. The molecule has 0 saturated carbocycles. The van der Waals surface area contributed by atoms with E-state index < -0.39 is 0 Å². The summed E-state index contributed by atoms with van der Waals surface area (Å²) in [5, 5.41) is 3.22. The number of amides is 1. The number of rotatable bonds is 4. The molecule has 1 aromatic heterocycles. The van der Waals surface area contributed by atoms with Gasteiger partial charge in [-0.25, -0.2) is 9.97 Å². The fraction of sp³-hybridized carbons (Fsp3) is 0.706. The first kappa shape index (κ1) is 17.1. The van der Waals surface area contributed by atoms with Gasteiger partial charge in [0.1, 0.15) is 12.4 Å². The monoisotopic (exact) mass is 333 g/mol. The van der Waals surface area contributed by atoms with Gasteiger partial charge in [-0.15, -0.1) is 0 Å². The van der Waals surface area contributed by atoms with Crippen molar-refractivity contribution in [1.82, 2.24) is 19.8 Å². The molecule has 3 rings (SSSR count). The molecule has 1 aromatic rings. The summed E-state index contributed by atoms with van der Waals surface area (Å²) in [5.74, 6) is 1.69. The largest absolute Gasteiger partial charge is 0.375 e. The molecule has 0 spiro atoms. The fourth-order valence-corrected chi connectivity index (χ4v) is 3.63. The van der Waals surface area contributed by atoms with Crippen LogP contribution in [0, 0.1) is 0 Å². The lowest BCUT2D eigenvalue weighted by Crippen LogP contribution is -2.41. The highest BCUT2D eigenvalue weighted by atomic mass is 16.5. The Bertz CT molecular complexity index is 590. The van der Waals surface area contributed by atoms with E-state index in [2.05, 4.69) is 17.3 Å². The van der Waals surface area contributed by atoms with Crippen LogP contribution < -0.4 is 5.32 Å². The Hall–Kier alpha value is -1.73. The molecule has 7 nitrogen and oxygen atoms in total. The Balaban J connectivity index is 1.93. The first-order valence-electron chi connectivity index (χ1n) is 8.68. The minimum atomic E-state index is -0.0431. The lowest BCUT2D eigenvalue weighted by Gasteiger charge is -2.35. The normalized spacial score (nSPS) is 21.5. The van der Waals surface area contributed by atoms with Gasteiger partial charge in [0, 0.05) is 45.8 Å². The Labute approximate surface area is 143 Å². The molecular formula is C17H27N5O2. The molecular weight excluding hydrogens is 306 g/mol. The predicted octanol–water partition coefficient (Wildman–Crippen LogP) is 1.21. The van der Waals surface area contributed by atoms with Crippen LogP contribution in [-0.2, 0) is 22.5 Å². The third kappa shape index (κ3) is 3.37. The topological polar surface area (TPSA) is 70.6 Å². The van der Waals surface area contributed by atoms with Crippen LogP contribution in [0.5, 0.6) is 0 Å². The van der Waals surface area contributed by atoms with Gasteiger partial charge in [-0.3, -0.25) is 4.79 Å². The van der Waals surface area contributed by atoms with Crippen LogP contribution in [0.4, 0.5) is 5.82 Å². The van der Waals surface area contributed by atoms with Crippen molar-refractivity contribution in [2.24, 2.45) is 0 Å². The standard InChI is InChI=1S/C17H27N5O2/c1-18-16-12-10-21(2)9-7-13(12)19-17(20-16)14-6-4-5-8-22(14)15(23)11-24-3/h14H,4-11H2,1-3H3,(H,18,19,20). The summed E-state index contributed by atoms with van der Waals surface area (Å²) in [6.07, 6.45) is 3.96. The minimum absolute atomic E-state index is 0.0225. The zero-order valence-corrected chi connectivity index (χ0v) is 14.8. The number of piperidine rings is 1. The summed E-state index contributed by atoms with van der Waals surface area (Å²) < 4.78 is 5.04. The van der Waals surface area contributed by atoms with Crippen molar-refractivity contribution in [3.8, 4) is 0 Å². The van der Waals surface area contributed by atoms with E-state index in [0.717, 1.165) is 62.7 Å². The maximum Gasteiger partial charge on any atom is 0.249 e. The quantitative estimate of drug-likeness (QED) is 0.893. The van der Waals surface area contributed by atoms with Gasteiger partial charge >= 0.3 is 0 Å². The minimum Gasteiger partial charge on any atom is -0.375 e. The van der Waals surface area contributed by atoms with Crippen molar-refractivity contribution < 1.29 is 9.53 Å². The fourth-order valence-electron chi connectivity index (χ4n) is 3.63. The zero-order valence-electron chi connectivity index (χ0n) is 14.8. The van der Waals surface area contributed by atoms with Crippen LogP contribution in [0.1, 0.15) is 42.4 Å². The van der Waals surface area contributed by atoms with E-state index in [4.69, 9.17) is 14.7 Å². The van der Waals surface area contributed by atoms with Crippen LogP contribution in [-0.4, -0.2) is 66.6 Å². The van der Waals surface area contributed by atoms with E-state index in [1.54, 1.807) is 7.11 Å². The molecule has 2 aliphatic rings. The lowest BCUT2D eigenvalue weighted by atomic mass is 10.00. The molecule has 1 amide bonds. The molecule has 0 bridgehead atoms. The van der Waals surface area contributed by atoms with Crippen LogP contribution in [0.15, 0.2) is 0 Å². The SMILES string of the molecule is CNc1nc(C2CCCCN2C(=O)COC)nc2c1CN(C)CC2. The summed E-state index contributed by atoms with van der Waals surface area (Å²) in [4.78, 5) is 26.2. The zero-order chi connectivity index (χ0) is 17.1. The second-order valence-corrected chi connectivity index (χ2v) is 6.63. The first-order chi connectivity index (χ1) is 11.6. The summed E-state index contributed by atoms with van der Waals surface area (Å²) in [7, 11) is 5.57. The average molecular weight is 333 g/mol. The molecule has 1 N–H and O–H groups in total. The number of anilines is 1. The molecule has 1 atom stereocenters. The smallest absolute Gasteiger partial charge is 0.249 e. The highest BCUT2D eigenvalue weighted by molar-refractivity contribution is 5.78. The second-order valence-electron chi connectivity index (χ2n) is 6.63. The van der Waals surface area contributed by atoms with E-state index in [9.17, 15) is 4.79 Å². The van der Waals surface area contributed by atoms with Crippen LogP contribution in [0.2, 0.25) is 0 Å². The van der Waals surface area contributed by atoms with E-state index in [-0.39, 0.29) is 18.6 Å². The van der Waals surface area contributed by atoms with Gasteiger partial charge in [0.25, 0.3) is 0 Å². The third-order valence-corrected chi connectivity index (χ3v) is 4.89. The van der Waals surface area contributed by atoms with Crippen molar-refractivity contribution in [1.29, 1.82) is 0 Å². The number of fused-ring (bicyclic) bond motifs is 1. The average Bonchev–Trinajstić information content (AvgIpc) is 2.61. The summed E-state index contributed by atoms with van der Waals surface area (Å²) in [5.41, 5.74) is 2.30. The summed E-state index contributed by atoms with van der Waals surface area (Å²) in [6.45, 7) is 2.74. The third-order valence-electron chi connectivity index (χ3n) is 4.89. The van der Waals surface area contributed by atoms with Crippen molar-refractivity contribution >= 4 is 11.7 Å². The van der Waals surface area contributed by atoms with Crippen molar-refractivity contribution in [3.05, 3.63) is 17.1 Å². The van der Waals surface area contributed by atoms with Crippen molar-refractivity contribution in [2.45, 2.75) is 38.3 Å². The number of carbonyl (C=O) groups is 1. The number of likely N-dealkylation sites (N-methyl/N-ethyl adjacent to an activating group) is 1. The first-order valence-corrected chi connectivity index (χ1v) is 8.68. The van der Waals surface area contributed by atoms with E-state index >= 15 is 0 Å². The number of methoxy groups -OCH3 is 1. The van der Waals surface area contributed by atoms with E-state index in [1.807, 2.05) is 11.9 Å². The number of nitrogens with one attached hydrogen (secondary N) is 1. The predicted molar refractivity (Wildman–Crippen MR) is 91.8 cm³/mol. The number of carbonyl (C=O) groups excluding carboxylic acids is 1. The lowest BCUT2D eigenvalue weighted by molar-refractivity contribution is -0.139. The number of aromatic nitrogens is 2. The van der Waals surface area contributed by atoms with Gasteiger partial charge in [0.05, 0.1) is 11.7 Å². The molecule has 0 aromatic carbocycles. The molecule has 24 heavy (non-hydrogen) atoms. The Morgan fingerprint density at radius 1 is 1.33 bits per heavy atom. The molecule has 1 saturated heterocycles. The van der Waals surface area contributed by atoms with Gasteiger partial charge < -0.3 is 19.9 Å². The van der Waals surface area contributed by atoms with Crippen LogP contribution in [0.25, 0.3) is 0 Å². The molecule has 7 heteroatoms. The molecule has 132 valence electrons. The maximum atomic E-state index is 12.4. The highest BCUT2D eigenvalue weighted by Gasteiger charge is 2.31. The Morgan fingerprint density at radius 3 is 2.92 bits per heavy atom. The molecule has 1 unspecified atom stereocenters. The molecule has 0 radical (unpaired) electrons. The number of hydrogen-bond acceptors (Lipinski definition) is 6. The molecule has 3 heterocycles. The molecule has 0 aliphatic carbocycles. The van der Waals surface area contributed by atoms with Crippen molar-refractivity contribution in [2.75, 3.05) is 46.2 Å². The second kappa shape index (κ2) is 7.44. The van der Waals surface area contributed by atoms with Gasteiger partial charge in [-0.05, 0) is 26.3 Å². The Kier molecular flexibility index (Phi) is 5.30. The van der Waals surface area contributed by atoms with Gasteiger partial charge in [0.15, 0.2) is 5.82 Å². The van der Waals surface area contributed by atoms with Crippen LogP contribution >= 0.6 is 0 Å². The van der Waals surface area contributed by atoms with E-state index in [1.165, 1.54) is 5.56 Å². The van der Waals surface area contributed by atoms with Crippen LogP contribution in [0.3, 0.4) is 0 Å². The molecule has 2 aliphatic heterocycles. The Morgan fingerprint density at radius 2 is 2.17 bits per heavy atom. The highest BCUT2D eigenvalue weighted by Crippen LogP contribution is 2.32. The van der Waals surface area contributed by atoms with Gasteiger partial charge in [-0.1, -0.05) is 0 Å². The van der Waals surface area contributed by atoms with Crippen molar-refractivity contribution in [3.63, 3.8) is 0 Å². The molecule has 1 fully saturated rings. The number of likely N-dealkylation sites (tertiary alicyclic amines) is 1. The number of nitrogens with zero attached hydrogens (tertiary/aromatic N) is 4. The number of hydrogen-bond donors (Lipinski definition) is 1. The number of ether oxygens (including phenoxy) is 1. The summed E-state index contributed by atoms with van der Waals surface area (Å²) >= 11 is 0. The maximum absolute atomic E-state index is 12.4. The van der Waals surface area contributed by atoms with Gasteiger partial charge in [-0.2, -0.15) is 0 Å². The van der Waals surface area contributed by atoms with E-state index in [0.29, 0.717) is 0 Å². The van der Waals surface area contributed by atoms with Gasteiger partial charge in [0.2, 0.25) is 5.91 Å².